The SMILES string of the molecule is COC(=O)c1ccc(N2C(=O)C(Cl)=C(Nc3cccc(C(=O)Nc4ccccc4OC)c3)C2=O)cc1. The Labute approximate surface area is 211 Å². The molecule has 0 bridgehead atoms. The summed E-state index contributed by atoms with van der Waals surface area (Å²) in [6.45, 7) is 0. The number of hydrogen-bond acceptors (Lipinski definition) is 7. The fraction of sp³-hybridized carbons (Fsp3) is 0.0769. The third-order valence-electron chi connectivity index (χ3n) is 5.32. The van der Waals surface area contributed by atoms with Crippen LogP contribution in [0.1, 0.15) is 20.7 Å². The molecule has 1 aliphatic rings. The zero-order valence-corrected chi connectivity index (χ0v) is 20.0. The monoisotopic (exact) mass is 505 g/mol. The van der Waals surface area contributed by atoms with E-state index in [1.807, 2.05) is 0 Å². The van der Waals surface area contributed by atoms with Gasteiger partial charge < -0.3 is 20.1 Å². The molecule has 0 fully saturated rings. The Kier molecular flexibility index (Phi) is 7.03. The normalized spacial score (nSPS) is 13.0. The van der Waals surface area contributed by atoms with Crippen molar-refractivity contribution >= 4 is 52.4 Å². The number of rotatable bonds is 7. The lowest BCUT2D eigenvalue weighted by atomic mass is 10.1. The minimum absolute atomic E-state index is 0.138. The molecule has 4 rings (SSSR count). The molecule has 182 valence electrons. The van der Waals surface area contributed by atoms with E-state index >= 15 is 0 Å². The Morgan fingerprint density at radius 2 is 1.58 bits per heavy atom. The molecule has 2 N–H and O–H groups in total. The second kappa shape index (κ2) is 10.3. The van der Waals surface area contributed by atoms with Crippen LogP contribution >= 0.6 is 11.6 Å². The first-order chi connectivity index (χ1) is 17.3. The van der Waals surface area contributed by atoms with Gasteiger partial charge in [-0.1, -0.05) is 29.8 Å². The van der Waals surface area contributed by atoms with Crippen LogP contribution in [-0.2, 0) is 14.3 Å². The Balaban J connectivity index is 1.52. The highest BCUT2D eigenvalue weighted by molar-refractivity contribution is 6.53. The second-order valence-electron chi connectivity index (χ2n) is 7.53. The third-order valence-corrected chi connectivity index (χ3v) is 5.67. The summed E-state index contributed by atoms with van der Waals surface area (Å²) in [7, 11) is 2.76. The van der Waals surface area contributed by atoms with E-state index in [1.165, 1.54) is 44.6 Å². The number of halogens is 1. The van der Waals surface area contributed by atoms with Crippen molar-refractivity contribution in [3.8, 4) is 5.75 Å². The number of carbonyl (C=O) groups excluding carboxylic acids is 4. The number of nitrogens with one attached hydrogen (secondary N) is 2. The molecular formula is C26H20ClN3O6. The first-order valence-electron chi connectivity index (χ1n) is 10.6. The standard InChI is InChI=1S/C26H20ClN3O6/c1-35-20-9-4-3-8-19(20)29-23(31)16-6-5-7-17(14-16)28-22-21(27)24(32)30(25(22)33)18-12-10-15(11-13-18)26(34)36-2/h3-14,28H,1-2H3,(H,29,31). The van der Waals surface area contributed by atoms with E-state index in [9.17, 15) is 19.2 Å². The summed E-state index contributed by atoms with van der Waals surface area (Å²) in [4.78, 5) is 51.1. The van der Waals surface area contributed by atoms with Crippen molar-refractivity contribution in [3.05, 3.63) is 94.7 Å². The van der Waals surface area contributed by atoms with Crippen molar-refractivity contribution in [1.29, 1.82) is 0 Å². The van der Waals surface area contributed by atoms with E-state index in [1.54, 1.807) is 42.5 Å². The largest absolute Gasteiger partial charge is 0.495 e. The van der Waals surface area contributed by atoms with E-state index in [-0.39, 0.29) is 22.0 Å². The number of benzene rings is 3. The van der Waals surface area contributed by atoms with Gasteiger partial charge in [0.15, 0.2) is 0 Å². The van der Waals surface area contributed by atoms with Gasteiger partial charge >= 0.3 is 5.97 Å². The number of hydrogen-bond donors (Lipinski definition) is 2. The van der Waals surface area contributed by atoms with Gasteiger partial charge in [0.05, 0.1) is 31.2 Å². The predicted octanol–water partition coefficient (Wildman–Crippen LogP) is 4.17. The predicted molar refractivity (Wildman–Crippen MR) is 134 cm³/mol. The topological polar surface area (TPSA) is 114 Å². The Hall–Kier alpha value is -4.63. The first-order valence-corrected chi connectivity index (χ1v) is 11.0. The van der Waals surface area contributed by atoms with Gasteiger partial charge in [0.1, 0.15) is 16.5 Å². The van der Waals surface area contributed by atoms with Gasteiger partial charge in [-0.25, -0.2) is 9.69 Å². The number of esters is 1. The van der Waals surface area contributed by atoms with E-state index in [0.29, 0.717) is 22.7 Å². The summed E-state index contributed by atoms with van der Waals surface area (Å²) in [5, 5.41) is 5.32. The van der Waals surface area contributed by atoms with Crippen LogP contribution in [0.4, 0.5) is 17.1 Å². The van der Waals surface area contributed by atoms with Crippen molar-refractivity contribution in [2.45, 2.75) is 0 Å². The van der Waals surface area contributed by atoms with E-state index in [4.69, 9.17) is 16.3 Å². The van der Waals surface area contributed by atoms with Crippen LogP contribution in [0.25, 0.3) is 0 Å². The summed E-state index contributed by atoms with van der Waals surface area (Å²) >= 11 is 6.20. The molecular weight excluding hydrogens is 486 g/mol. The molecule has 10 heteroatoms. The Morgan fingerprint density at radius 3 is 2.28 bits per heavy atom. The minimum Gasteiger partial charge on any atom is -0.495 e. The van der Waals surface area contributed by atoms with Crippen LogP contribution in [0.15, 0.2) is 83.5 Å². The molecule has 0 aromatic heterocycles. The second-order valence-corrected chi connectivity index (χ2v) is 7.91. The summed E-state index contributed by atoms with van der Waals surface area (Å²) in [6, 6.07) is 19.1. The molecule has 0 saturated heterocycles. The average Bonchev–Trinajstić information content (AvgIpc) is 3.11. The molecule has 1 aliphatic heterocycles. The Morgan fingerprint density at radius 1 is 0.861 bits per heavy atom. The maximum Gasteiger partial charge on any atom is 0.337 e. The van der Waals surface area contributed by atoms with Crippen molar-refractivity contribution in [2.24, 2.45) is 0 Å². The maximum atomic E-state index is 13.1. The van der Waals surface area contributed by atoms with E-state index in [0.717, 1.165) is 4.90 Å². The number of amides is 3. The zero-order valence-electron chi connectivity index (χ0n) is 19.2. The number of nitrogens with zero attached hydrogens (tertiary/aromatic N) is 1. The number of ether oxygens (including phenoxy) is 2. The van der Waals surface area contributed by atoms with Gasteiger partial charge in [0.25, 0.3) is 17.7 Å². The molecule has 0 spiro atoms. The summed E-state index contributed by atoms with van der Waals surface area (Å²) in [5.74, 6) is -1.84. The van der Waals surface area contributed by atoms with Crippen LogP contribution in [-0.4, -0.2) is 37.9 Å². The quantitative estimate of drug-likeness (QED) is 0.366. The summed E-state index contributed by atoms with van der Waals surface area (Å²) < 4.78 is 9.91. The van der Waals surface area contributed by atoms with Crippen molar-refractivity contribution in [1.82, 2.24) is 0 Å². The van der Waals surface area contributed by atoms with Crippen LogP contribution in [0.3, 0.4) is 0 Å². The highest BCUT2D eigenvalue weighted by atomic mass is 35.5. The zero-order chi connectivity index (χ0) is 25.8. The molecule has 0 saturated carbocycles. The number of anilines is 3. The fourth-order valence-corrected chi connectivity index (χ4v) is 3.75. The number of methoxy groups -OCH3 is 2. The lowest BCUT2D eigenvalue weighted by molar-refractivity contribution is -0.120. The lowest BCUT2D eigenvalue weighted by Crippen LogP contribution is -2.32. The van der Waals surface area contributed by atoms with Gasteiger partial charge in [-0.15, -0.1) is 0 Å². The van der Waals surface area contributed by atoms with Crippen LogP contribution in [0, 0.1) is 0 Å². The van der Waals surface area contributed by atoms with E-state index in [2.05, 4.69) is 15.4 Å². The van der Waals surface area contributed by atoms with Crippen molar-refractivity contribution in [2.75, 3.05) is 29.8 Å². The Bertz CT molecular complexity index is 1400. The van der Waals surface area contributed by atoms with Gasteiger partial charge in [-0.05, 0) is 54.6 Å². The fourth-order valence-electron chi connectivity index (χ4n) is 3.54. The minimum atomic E-state index is -0.722. The van der Waals surface area contributed by atoms with Crippen LogP contribution < -0.4 is 20.3 Å². The van der Waals surface area contributed by atoms with Gasteiger partial charge in [0.2, 0.25) is 0 Å². The molecule has 0 unspecified atom stereocenters. The number of carbonyl (C=O) groups is 4. The van der Waals surface area contributed by atoms with E-state index < -0.39 is 23.7 Å². The lowest BCUT2D eigenvalue weighted by Gasteiger charge is -2.15. The molecule has 9 nitrogen and oxygen atoms in total. The van der Waals surface area contributed by atoms with Gasteiger partial charge in [-0.3, -0.25) is 14.4 Å². The average molecular weight is 506 g/mol. The summed E-state index contributed by atoms with van der Waals surface area (Å²) in [5.41, 5.74) is 1.54. The number of imide groups is 1. The smallest absolute Gasteiger partial charge is 0.337 e. The molecule has 0 aliphatic carbocycles. The summed E-state index contributed by atoms with van der Waals surface area (Å²) in [6.07, 6.45) is 0. The maximum absolute atomic E-state index is 13.1. The van der Waals surface area contributed by atoms with Crippen LogP contribution in [0.5, 0.6) is 5.75 Å². The third kappa shape index (κ3) is 4.77. The molecule has 3 aromatic rings. The molecule has 3 amide bonds. The molecule has 0 radical (unpaired) electrons. The van der Waals surface area contributed by atoms with Gasteiger partial charge in [-0.2, -0.15) is 0 Å². The molecule has 0 atom stereocenters. The number of para-hydroxylation sites is 2. The highest BCUT2D eigenvalue weighted by Gasteiger charge is 2.39. The molecule has 3 aromatic carbocycles. The molecule has 36 heavy (non-hydrogen) atoms. The van der Waals surface area contributed by atoms with Gasteiger partial charge in [0, 0.05) is 11.3 Å². The van der Waals surface area contributed by atoms with Crippen molar-refractivity contribution < 1.29 is 28.7 Å². The van der Waals surface area contributed by atoms with Crippen molar-refractivity contribution in [3.63, 3.8) is 0 Å². The highest BCUT2D eigenvalue weighted by Crippen LogP contribution is 2.31. The van der Waals surface area contributed by atoms with Crippen LogP contribution in [0.2, 0.25) is 0 Å². The molecule has 1 heterocycles. The first kappa shape index (κ1) is 24.5.